The van der Waals surface area contributed by atoms with Crippen LogP contribution >= 0.6 is 0 Å². The van der Waals surface area contributed by atoms with E-state index in [0.717, 1.165) is 5.56 Å². The Hall–Kier alpha value is -2.34. The van der Waals surface area contributed by atoms with Crippen LogP contribution in [0.15, 0.2) is 58.6 Å². The molecule has 110 valence electrons. The van der Waals surface area contributed by atoms with E-state index < -0.39 is 15.6 Å². The van der Waals surface area contributed by atoms with E-state index in [1.165, 1.54) is 24.3 Å². The summed E-state index contributed by atoms with van der Waals surface area (Å²) in [4.78, 5) is 0.143. The number of sulfone groups is 1. The summed E-state index contributed by atoms with van der Waals surface area (Å²) in [6, 6.07) is 12.5. The van der Waals surface area contributed by atoms with Gasteiger partial charge < -0.3 is 10.3 Å². The van der Waals surface area contributed by atoms with Crippen LogP contribution in [-0.2, 0) is 9.84 Å². The minimum atomic E-state index is -3.66. The highest BCUT2D eigenvalue weighted by Crippen LogP contribution is 2.20. The molecule has 0 spiro atoms. The van der Waals surface area contributed by atoms with Gasteiger partial charge in [-0.05, 0) is 31.2 Å². The molecule has 5 nitrogen and oxygen atoms in total. The third kappa shape index (κ3) is 3.41. The zero-order chi connectivity index (χ0) is 15.5. The molecule has 0 fully saturated rings. The van der Waals surface area contributed by atoms with Gasteiger partial charge >= 0.3 is 0 Å². The summed E-state index contributed by atoms with van der Waals surface area (Å²) in [5.41, 5.74) is 1.04. The number of hydrogen-bond donors (Lipinski definition) is 2. The van der Waals surface area contributed by atoms with Gasteiger partial charge in [-0.25, -0.2) is 8.42 Å². The fourth-order valence-corrected chi connectivity index (χ4v) is 3.18. The lowest BCUT2D eigenvalue weighted by Crippen LogP contribution is -2.17. The van der Waals surface area contributed by atoms with E-state index in [9.17, 15) is 13.5 Å². The van der Waals surface area contributed by atoms with Crippen molar-refractivity contribution in [2.24, 2.45) is 5.16 Å². The first kappa shape index (κ1) is 15.1. The molecular weight excluding hydrogens is 290 g/mol. The molecule has 0 atom stereocenters. The van der Waals surface area contributed by atoms with Crippen LogP contribution in [0.5, 0.6) is 5.75 Å². The molecule has 0 aliphatic heterocycles. The quantitative estimate of drug-likeness (QED) is 0.516. The average Bonchev–Trinajstić information content (AvgIpc) is 2.46. The van der Waals surface area contributed by atoms with Crippen LogP contribution in [0.2, 0.25) is 0 Å². The van der Waals surface area contributed by atoms with Crippen LogP contribution in [0.25, 0.3) is 0 Å². The Bertz CT molecular complexity index is 765. The summed E-state index contributed by atoms with van der Waals surface area (Å²) < 4.78 is 24.6. The molecule has 0 aromatic heterocycles. The van der Waals surface area contributed by atoms with Gasteiger partial charge in [0.05, 0.1) is 4.90 Å². The molecule has 21 heavy (non-hydrogen) atoms. The van der Waals surface area contributed by atoms with Crippen LogP contribution in [-0.4, -0.2) is 30.2 Å². The summed E-state index contributed by atoms with van der Waals surface area (Å²) >= 11 is 0. The van der Waals surface area contributed by atoms with E-state index in [1.807, 2.05) is 6.92 Å². The van der Waals surface area contributed by atoms with Gasteiger partial charge in [0.2, 0.25) is 0 Å². The topological polar surface area (TPSA) is 87.0 Å². The maximum absolute atomic E-state index is 12.3. The number of hydrogen-bond acceptors (Lipinski definition) is 5. The SMILES string of the molecule is Cc1ccc(S(=O)(=O)C/C(=N\O)c2ccccc2O)cc1. The van der Waals surface area contributed by atoms with Gasteiger partial charge in [-0.2, -0.15) is 0 Å². The Morgan fingerprint density at radius 2 is 1.71 bits per heavy atom. The maximum atomic E-state index is 12.3. The van der Waals surface area contributed by atoms with Crippen molar-refractivity contribution in [3.8, 4) is 5.75 Å². The number of para-hydroxylation sites is 1. The molecule has 0 amide bonds. The van der Waals surface area contributed by atoms with Crippen LogP contribution in [0.1, 0.15) is 11.1 Å². The normalized spacial score (nSPS) is 12.3. The molecule has 6 heteroatoms. The molecule has 0 aliphatic carbocycles. The smallest absolute Gasteiger partial charge is 0.184 e. The molecule has 0 aliphatic rings. The summed E-state index contributed by atoms with van der Waals surface area (Å²) in [6.07, 6.45) is 0. The minimum absolute atomic E-state index is 0.103. The summed E-state index contributed by atoms with van der Waals surface area (Å²) in [7, 11) is -3.66. The third-order valence-electron chi connectivity index (χ3n) is 3.04. The predicted molar refractivity (Wildman–Crippen MR) is 79.7 cm³/mol. The van der Waals surface area contributed by atoms with Crippen molar-refractivity contribution >= 4 is 15.5 Å². The van der Waals surface area contributed by atoms with Crippen LogP contribution in [0, 0.1) is 6.92 Å². The first-order valence-electron chi connectivity index (χ1n) is 6.23. The van der Waals surface area contributed by atoms with Gasteiger partial charge in [-0.15, -0.1) is 0 Å². The van der Waals surface area contributed by atoms with Crippen LogP contribution in [0.3, 0.4) is 0 Å². The molecule has 0 saturated heterocycles. The Balaban J connectivity index is 2.35. The van der Waals surface area contributed by atoms with Crippen LogP contribution < -0.4 is 0 Å². The average molecular weight is 305 g/mol. The van der Waals surface area contributed by atoms with E-state index in [2.05, 4.69) is 5.16 Å². The zero-order valence-corrected chi connectivity index (χ0v) is 12.2. The fraction of sp³-hybridized carbons (Fsp3) is 0.133. The van der Waals surface area contributed by atoms with Gasteiger partial charge in [0.25, 0.3) is 0 Å². The molecule has 0 heterocycles. The Morgan fingerprint density at radius 1 is 1.10 bits per heavy atom. The lowest BCUT2D eigenvalue weighted by atomic mass is 10.1. The molecule has 0 saturated carbocycles. The van der Waals surface area contributed by atoms with Crippen molar-refractivity contribution in [2.45, 2.75) is 11.8 Å². The minimum Gasteiger partial charge on any atom is -0.507 e. The van der Waals surface area contributed by atoms with Crippen molar-refractivity contribution < 1.29 is 18.7 Å². The molecule has 2 aromatic rings. The third-order valence-corrected chi connectivity index (χ3v) is 4.69. The van der Waals surface area contributed by atoms with Gasteiger partial charge in [0.15, 0.2) is 9.84 Å². The van der Waals surface area contributed by atoms with Gasteiger partial charge in [-0.1, -0.05) is 35.0 Å². The van der Waals surface area contributed by atoms with Gasteiger partial charge in [-0.3, -0.25) is 0 Å². The molecule has 0 radical (unpaired) electrons. The molecule has 2 rings (SSSR count). The first-order valence-corrected chi connectivity index (χ1v) is 7.88. The van der Waals surface area contributed by atoms with Crippen molar-refractivity contribution in [1.29, 1.82) is 0 Å². The Labute approximate surface area is 123 Å². The highest BCUT2D eigenvalue weighted by Gasteiger charge is 2.21. The van der Waals surface area contributed by atoms with Crippen molar-refractivity contribution in [2.75, 3.05) is 5.75 Å². The van der Waals surface area contributed by atoms with Gasteiger partial charge in [0.1, 0.15) is 17.2 Å². The number of phenolic OH excluding ortho intramolecular Hbond substituents is 1. The Morgan fingerprint density at radius 3 is 2.29 bits per heavy atom. The largest absolute Gasteiger partial charge is 0.507 e. The van der Waals surface area contributed by atoms with E-state index >= 15 is 0 Å². The van der Waals surface area contributed by atoms with E-state index in [0.29, 0.717) is 0 Å². The molecule has 2 aromatic carbocycles. The Kier molecular flexibility index (Phi) is 4.28. The first-order chi connectivity index (χ1) is 9.94. The highest BCUT2D eigenvalue weighted by atomic mass is 32.2. The second-order valence-electron chi connectivity index (χ2n) is 4.64. The van der Waals surface area contributed by atoms with E-state index in [-0.39, 0.29) is 21.9 Å². The van der Waals surface area contributed by atoms with E-state index in [1.54, 1.807) is 24.3 Å². The molecule has 0 unspecified atom stereocenters. The van der Waals surface area contributed by atoms with Crippen LogP contribution in [0.4, 0.5) is 0 Å². The number of rotatable bonds is 4. The number of aryl methyl sites for hydroxylation is 1. The standard InChI is InChI=1S/C15H15NO4S/c1-11-6-8-12(9-7-11)21(19,20)10-14(16-18)13-4-2-3-5-15(13)17/h2-9,17-18H,10H2,1H3/b16-14+. The second-order valence-corrected chi connectivity index (χ2v) is 6.63. The van der Waals surface area contributed by atoms with Crippen molar-refractivity contribution in [1.82, 2.24) is 0 Å². The van der Waals surface area contributed by atoms with E-state index in [4.69, 9.17) is 5.21 Å². The second kappa shape index (κ2) is 5.97. The number of aromatic hydroxyl groups is 1. The molecule has 0 bridgehead atoms. The monoisotopic (exact) mass is 305 g/mol. The molecular formula is C15H15NO4S. The predicted octanol–water partition coefficient (Wildman–Crippen LogP) is 2.35. The number of nitrogens with zero attached hydrogens (tertiary/aromatic N) is 1. The summed E-state index contributed by atoms with van der Waals surface area (Å²) in [5, 5.41) is 21.8. The maximum Gasteiger partial charge on any atom is 0.184 e. The van der Waals surface area contributed by atoms with Crippen molar-refractivity contribution in [3.05, 3.63) is 59.7 Å². The number of benzene rings is 2. The van der Waals surface area contributed by atoms with Crippen molar-refractivity contribution in [3.63, 3.8) is 0 Å². The molecule has 2 N–H and O–H groups in total. The fourth-order valence-electron chi connectivity index (χ4n) is 1.89. The lowest BCUT2D eigenvalue weighted by Gasteiger charge is -2.08. The summed E-state index contributed by atoms with van der Waals surface area (Å²) in [5.74, 6) is -0.631. The number of oxime groups is 1. The van der Waals surface area contributed by atoms with Gasteiger partial charge in [0, 0.05) is 5.56 Å². The number of phenols is 1. The highest BCUT2D eigenvalue weighted by molar-refractivity contribution is 7.92. The zero-order valence-electron chi connectivity index (χ0n) is 11.4. The lowest BCUT2D eigenvalue weighted by molar-refractivity contribution is 0.319. The summed E-state index contributed by atoms with van der Waals surface area (Å²) in [6.45, 7) is 1.86.